The minimum Gasteiger partial charge on any atom is -0.306 e. The fraction of sp³-hybridized carbons (Fsp3) is 0.188. The van der Waals surface area contributed by atoms with Crippen LogP contribution in [0.1, 0.15) is 18.9 Å². The van der Waals surface area contributed by atoms with E-state index in [1.807, 2.05) is 21.3 Å². The van der Waals surface area contributed by atoms with Crippen molar-refractivity contribution < 1.29 is 8.78 Å². The molecule has 1 aromatic carbocycles. The maximum Gasteiger partial charge on any atom is 0.216 e. The zero-order valence-corrected chi connectivity index (χ0v) is 11.9. The molecule has 7 heteroatoms. The lowest BCUT2D eigenvalue weighted by atomic mass is 10.3. The summed E-state index contributed by atoms with van der Waals surface area (Å²) < 4.78 is 31.0. The first kappa shape index (κ1) is 12.7. The molecule has 1 aliphatic carbocycles. The number of nitrogens with zero attached hydrogens (tertiary/aromatic N) is 5. The highest BCUT2D eigenvalue weighted by molar-refractivity contribution is 5.80. The van der Waals surface area contributed by atoms with Crippen LogP contribution in [0.4, 0.5) is 8.78 Å². The van der Waals surface area contributed by atoms with Crippen LogP contribution in [-0.2, 0) is 0 Å². The molecule has 0 saturated heterocycles. The van der Waals surface area contributed by atoms with Gasteiger partial charge < -0.3 is 4.57 Å². The molecule has 1 fully saturated rings. The summed E-state index contributed by atoms with van der Waals surface area (Å²) in [5.74, 6) is -1.13. The van der Waals surface area contributed by atoms with Gasteiger partial charge in [0.05, 0.1) is 16.6 Å². The average molecular weight is 311 g/mol. The van der Waals surface area contributed by atoms with Crippen LogP contribution in [0.15, 0.2) is 36.8 Å². The fourth-order valence-electron chi connectivity index (χ4n) is 2.95. The van der Waals surface area contributed by atoms with E-state index in [0.29, 0.717) is 22.6 Å². The second kappa shape index (κ2) is 4.34. The van der Waals surface area contributed by atoms with Crippen molar-refractivity contribution >= 4 is 22.2 Å². The average Bonchev–Trinajstić information content (AvgIpc) is 3.19. The van der Waals surface area contributed by atoms with Gasteiger partial charge in [-0.3, -0.25) is 4.57 Å². The molecule has 1 saturated carbocycles. The molecule has 114 valence electrons. The van der Waals surface area contributed by atoms with Crippen LogP contribution in [0, 0.1) is 11.6 Å². The molecule has 0 unspecified atom stereocenters. The topological polar surface area (TPSA) is 48.5 Å². The summed E-state index contributed by atoms with van der Waals surface area (Å²) in [5.41, 5.74) is 2.47. The summed E-state index contributed by atoms with van der Waals surface area (Å²) >= 11 is 0. The number of imidazole rings is 2. The molecule has 0 N–H and O–H groups in total. The molecule has 23 heavy (non-hydrogen) atoms. The van der Waals surface area contributed by atoms with Crippen LogP contribution >= 0.6 is 0 Å². The van der Waals surface area contributed by atoms with Crippen molar-refractivity contribution in [3.63, 3.8) is 0 Å². The molecule has 5 nitrogen and oxygen atoms in total. The number of hydrogen-bond donors (Lipinski definition) is 0. The van der Waals surface area contributed by atoms with E-state index in [1.165, 1.54) is 6.07 Å². The highest BCUT2D eigenvalue weighted by atomic mass is 19.2. The Labute approximate surface area is 129 Å². The van der Waals surface area contributed by atoms with Crippen LogP contribution in [0.2, 0.25) is 0 Å². The molecule has 3 aromatic heterocycles. The van der Waals surface area contributed by atoms with Gasteiger partial charge in [0.15, 0.2) is 17.3 Å². The van der Waals surface area contributed by atoms with Gasteiger partial charge in [0.1, 0.15) is 6.33 Å². The Balaban J connectivity index is 1.85. The smallest absolute Gasteiger partial charge is 0.216 e. The molecule has 0 atom stereocenters. The SMILES string of the molecule is Fc1cc2nc(-n3cnc4ncccc43)n(C3CC3)c2cc1F. The third-order valence-electron chi connectivity index (χ3n) is 4.16. The molecule has 0 amide bonds. The molecule has 1 aliphatic rings. The molecular formula is C16H11F2N5. The van der Waals surface area contributed by atoms with E-state index in [1.54, 1.807) is 12.5 Å². The Morgan fingerprint density at radius 3 is 2.70 bits per heavy atom. The van der Waals surface area contributed by atoms with Crippen LogP contribution < -0.4 is 0 Å². The second-order valence-corrected chi connectivity index (χ2v) is 5.73. The van der Waals surface area contributed by atoms with E-state index in [4.69, 9.17) is 0 Å². The fourth-order valence-corrected chi connectivity index (χ4v) is 2.95. The van der Waals surface area contributed by atoms with Crippen LogP contribution in [-0.4, -0.2) is 24.1 Å². The van der Waals surface area contributed by atoms with Gasteiger partial charge in [-0.25, -0.2) is 23.7 Å². The Morgan fingerprint density at radius 2 is 1.87 bits per heavy atom. The highest BCUT2D eigenvalue weighted by Gasteiger charge is 2.30. The van der Waals surface area contributed by atoms with Crippen LogP contribution in [0.25, 0.3) is 28.1 Å². The third kappa shape index (κ3) is 1.79. The monoisotopic (exact) mass is 311 g/mol. The summed E-state index contributed by atoms with van der Waals surface area (Å²) in [4.78, 5) is 13.0. The molecule has 3 heterocycles. The van der Waals surface area contributed by atoms with Gasteiger partial charge in [0, 0.05) is 24.4 Å². The van der Waals surface area contributed by atoms with Crippen LogP contribution in [0.5, 0.6) is 0 Å². The quantitative estimate of drug-likeness (QED) is 0.570. The predicted molar refractivity (Wildman–Crippen MR) is 80.3 cm³/mol. The lowest BCUT2D eigenvalue weighted by Crippen LogP contribution is -2.04. The predicted octanol–water partition coefficient (Wildman–Crippen LogP) is 3.38. The van der Waals surface area contributed by atoms with Crippen molar-refractivity contribution in [1.82, 2.24) is 24.1 Å². The number of hydrogen-bond acceptors (Lipinski definition) is 3. The van der Waals surface area contributed by atoms with E-state index in [2.05, 4.69) is 15.0 Å². The molecule has 0 spiro atoms. The molecule has 0 radical (unpaired) electrons. The van der Waals surface area contributed by atoms with E-state index < -0.39 is 11.6 Å². The Hall–Kier alpha value is -2.83. The van der Waals surface area contributed by atoms with Crippen molar-refractivity contribution in [2.75, 3.05) is 0 Å². The number of benzene rings is 1. The zero-order chi connectivity index (χ0) is 15.6. The van der Waals surface area contributed by atoms with Crippen molar-refractivity contribution in [2.24, 2.45) is 0 Å². The zero-order valence-electron chi connectivity index (χ0n) is 11.9. The molecule has 0 aliphatic heterocycles. The standard InChI is InChI=1S/C16H11F2N5/c17-10-6-12-14(7-11(10)18)23(9-3-4-9)16(21-12)22-8-20-15-13(22)2-1-5-19-15/h1-2,5-9H,3-4H2. The largest absolute Gasteiger partial charge is 0.306 e. The van der Waals surface area contributed by atoms with Crippen molar-refractivity contribution in [3.05, 3.63) is 48.4 Å². The van der Waals surface area contributed by atoms with E-state index in [0.717, 1.165) is 24.4 Å². The lowest BCUT2D eigenvalue weighted by molar-refractivity contribution is 0.510. The highest BCUT2D eigenvalue weighted by Crippen LogP contribution is 2.40. The summed E-state index contributed by atoms with van der Waals surface area (Å²) in [6.45, 7) is 0. The second-order valence-electron chi connectivity index (χ2n) is 5.73. The van der Waals surface area contributed by atoms with Gasteiger partial charge in [0.2, 0.25) is 5.95 Å². The minimum absolute atomic E-state index is 0.258. The molecule has 4 aromatic rings. The lowest BCUT2D eigenvalue weighted by Gasteiger charge is -2.08. The first-order valence-electron chi connectivity index (χ1n) is 7.38. The van der Waals surface area contributed by atoms with Gasteiger partial charge in [-0.05, 0) is 25.0 Å². The van der Waals surface area contributed by atoms with Gasteiger partial charge in [0.25, 0.3) is 0 Å². The maximum atomic E-state index is 13.7. The minimum atomic E-state index is -0.887. The first-order chi connectivity index (χ1) is 11.2. The van der Waals surface area contributed by atoms with Gasteiger partial charge in [-0.2, -0.15) is 0 Å². The summed E-state index contributed by atoms with van der Waals surface area (Å²) in [6, 6.07) is 6.34. The first-order valence-corrected chi connectivity index (χ1v) is 7.38. The van der Waals surface area contributed by atoms with Gasteiger partial charge >= 0.3 is 0 Å². The Kier molecular flexibility index (Phi) is 2.40. The normalized spacial score (nSPS) is 14.9. The number of aromatic nitrogens is 5. The summed E-state index contributed by atoms with van der Waals surface area (Å²) in [7, 11) is 0. The van der Waals surface area contributed by atoms with Crippen molar-refractivity contribution in [3.8, 4) is 5.95 Å². The van der Waals surface area contributed by atoms with Crippen molar-refractivity contribution in [2.45, 2.75) is 18.9 Å². The number of halogens is 2. The van der Waals surface area contributed by atoms with E-state index in [-0.39, 0.29) is 6.04 Å². The van der Waals surface area contributed by atoms with Gasteiger partial charge in [-0.15, -0.1) is 0 Å². The number of pyridine rings is 1. The van der Waals surface area contributed by atoms with Crippen LogP contribution in [0.3, 0.4) is 0 Å². The molecular weight excluding hydrogens is 300 g/mol. The molecule has 0 bridgehead atoms. The Bertz CT molecular complexity index is 1060. The van der Waals surface area contributed by atoms with E-state index in [9.17, 15) is 8.78 Å². The summed E-state index contributed by atoms with van der Waals surface area (Å²) in [5, 5.41) is 0. The van der Waals surface area contributed by atoms with Gasteiger partial charge in [-0.1, -0.05) is 0 Å². The summed E-state index contributed by atoms with van der Waals surface area (Å²) in [6.07, 6.45) is 5.32. The Morgan fingerprint density at radius 1 is 1.04 bits per heavy atom. The maximum absolute atomic E-state index is 13.7. The number of rotatable bonds is 2. The molecule has 5 rings (SSSR count). The third-order valence-corrected chi connectivity index (χ3v) is 4.16. The van der Waals surface area contributed by atoms with Crippen molar-refractivity contribution in [1.29, 1.82) is 0 Å². The van der Waals surface area contributed by atoms with E-state index >= 15 is 0 Å². The number of fused-ring (bicyclic) bond motifs is 2.